The van der Waals surface area contributed by atoms with Crippen LogP contribution in [-0.2, 0) is 0 Å². The zero-order chi connectivity index (χ0) is 12.4. The molecule has 0 unspecified atom stereocenters. The third kappa shape index (κ3) is 49.8. The second kappa shape index (κ2) is 29.6. The van der Waals surface area contributed by atoms with Crippen LogP contribution in [0.25, 0.3) is 0 Å². The van der Waals surface area contributed by atoms with Crippen LogP contribution in [0, 0.1) is 0 Å². The summed E-state index contributed by atoms with van der Waals surface area (Å²) in [6, 6.07) is 0. The van der Waals surface area contributed by atoms with Gasteiger partial charge in [-0.05, 0) is 0 Å². The van der Waals surface area contributed by atoms with Crippen molar-refractivity contribution in [3.8, 4) is 0 Å². The van der Waals surface area contributed by atoms with Crippen LogP contribution in [0.4, 0.5) is 0 Å². The van der Waals surface area contributed by atoms with E-state index in [-0.39, 0.29) is 21.1 Å². The van der Waals surface area contributed by atoms with Crippen molar-refractivity contribution in [3.63, 3.8) is 0 Å². The molecule has 0 radical (unpaired) electrons. The Balaban J connectivity index is -0.000000200. The Hall–Kier alpha value is 1.68. The van der Waals surface area contributed by atoms with Crippen LogP contribution in [0.3, 0.4) is 0 Å². The first-order valence-corrected chi connectivity index (χ1v) is 10.7. The van der Waals surface area contributed by atoms with Crippen LogP contribution in [-0.4, -0.2) is 30.5 Å². The van der Waals surface area contributed by atoms with Crippen molar-refractivity contribution < 1.29 is 0 Å². The predicted molar refractivity (Wildman–Crippen MR) is 88.4 cm³/mol. The molecule has 0 fully saturated rings. The molecule has 0 aromatic heterocycles. The molecule has 0 saturated carbocycles. The van der Waals surface area contributed by atoms with E-state index < -0.39 is 0 Å². The Morgan fingerprint density at radius 1 is 0.933 bits per heavy atom. The molecule has 15 heavy (non-hydrogen) atoms. The third-order valence-corrected chi connectivity index (χ3v) is 5.45. The van der Waals surface area contributed by atoms with Gasteiger partial charge < -0.3 is 59.1 Å². The Kier molecular flexibility index (Phi) is 43.3. The molecule has 0 N–H and O–H groups in total. The zero-order valence-electron chi connectivity index (χ0n) is 9.45. The van der Waals surface area contributed by atoms with Crippen LogP contribution < -0.4 is 0 Å². The van der Waals surface area contributed by atoms with E-state index in [9.17, 15) is 0 Å². The van der Waals surface area contributed by atoms with E-state index in [1.165, 1.54) is 25.7 Å². The van der Waals surface area contributed by atoms with Gasteiger partial charge in [-0.15, -0.1) is 0 Å². The van der Waals surface area contributed by atoms with Gasteiger partial charge in [0.1, 0.15) is 0 Å². The van der Waals surface area contributed by atoms with Crippen molar-refractivity contribution >= 4 is 80.2 Å². The van der Waals surface area contributed by atoms with Crippen LogP contribution >= 0.6 is 49.7 Å². The second-order valence-electron chi connectivity index (χ2n) is 2.64. The molecule has 0 aliphatic carbocycles. The standard InChI is InChI=1S/2C4H9.2CHS2.Sn/c2*1-3-4-2;2*2-1-3;/h2*1,3-4H2,2H3;2*(H,2,3);/q;;2*-1;+2. The molecule has 0 bridgehead atoms. The van der Waals surface area contributed by atoms with E-state index in [4.69, 9.17) is 0 Å². The summed E-state index contributed by atoms with van der Waals surface area (Å²) in [5.41, 5.74) is 0. The molecule has 0 aliphatic rings. The quantitative estimate of drug-likeness (QED) is 0.224. The van der Waals surface area contributed by atoms with Gasteiger partial charge in [0.05, 0.1) is 0 Å². The molecule has 0 rings (SSSR count). The van der Waals surface area contributed by atoms with E-state index in [2.05, 4.69) is 63.5 Å². The molecule has 5 heteroatoms. The van der Waals surface area contributed by atoms with Crippen LogP contribution in [0.15, 0.2) is 0 Å². The second-order valence-corrected chi connectivity index (χ2v) is 8.38. The van der Waals surface area contributed by atoms with E-state index in [0.717, 1.165) is 0 Å². The van der Waals surface area contributed by atoms with Crippen LogP contribution in [0.1, 0.15) is 39.5 Å². The molecule has 0 nitrogen and oxygen atoms in total. The molecule has 0 spiro atoms. The Bertz CT molecular complexity index is 97.6. The molecule has 0 atom stereocenters. The summed E-state index contributed by atoms with van der Waals surface area (Å²) in [6.07, 6.45) is 5.84. The normalized spacial score (nSPS) is 7.20. The number of hydrogen-bond donors (Lipinski definition) is 2. The summed E-state index contributed by atoms with van der Waals surface area (Å²) in [5.74, 6) is 0. The minimum absolute atomic E-state index is 0.149. The monoisotopic (exact) mass is 388 g/mol. The van der Waals surface area contributed by atoms with Crippen molar-refractivity contribution in [2.75, 3.05) is 0 Å². The molecule has 0 aliphatic heterocycles. The molecule has 0 amide bonds. The summed E-state index contributed by atoms with van der Waals surface area (Å²) in [6.45, 7) is 4.58. The van der Waals surface area contributed by atoms with Crippen molar-refractivity contribution in [1.29, 1.82) is 0 Å². The van der Waals surface area contributed by atoms with Crippen LogP contribution in [0.2, 0.25) is 8.87 Å². The minimum atomic E-state index is 0.149. The first-order valence-electron chi connectivity index (χ1n) is 4.98. The maximum absolute atomic E-state index is 4.01. The first kappa shape index (κ1) is 21.9. The van der Waals surface area contributed by atoms with Crippen molar-refractivity contribution in [1.82, 2.24) is 0 Å². The molecular weight excluding hydrogens is 367 g/mol. The Labute approximate surface area is 127 Å². The van der Waals surface area contributed by atoms with Crippen molar-refractivity contribution in [2.24, 2.45) is 0 Å². The van der Waals surface area contributed by atoms with Gasteiger partial charge in [-0.1, -0.05) is 0 Å². The fourth-order valence-corrected chi connectivity index (χ4v) is 4.89. The Morgan fingerprint density at radius 3 is 1.40 bits per heavy atom. The van der Waals surface area contributed by atoms with Gasteiger partial charge in [0.25, 0.3) is 0 Å². The maximum atomic E-state index is 4.01. The average molecular weight is 387 g/mol. The fraction of sp³-hybridized carbons (Fsp3) is 0.800. The predicted octanol–water partition coefficient (Wildman–Crippen LogP) is 4.63. The molecular formula is C10H20S4Sn. The SMILES string of the molecule is CCC[CH2][Sn+2][CH2]CCC.S=[C-]S.S=[C-]S. The van der Waals surface area contributed by atoms with Gasteiger partial charge in [0.2, 0.25) is 0 Å². The van der Waals surface area contributed by atoms with Gasteiger partial charge in [-0.3, -0.25) is 0 Å². The number of thiol groups is 2. The number of unbranched alkanes of at least 4 members (excludes halogenated alkanes) is 2. The average Bonchev–Trinajstić information content (AvgIpc) is 2.20. The van der Waals surface area contributed by atoms with Gasteiger partial charge in [0.15, 0.2) is 0 Å². The van der Waals surface area contributed by atoms with Gasteiger partial charge >= 0.3 is 69.5 Å². The fourth-order valence-electron chi connectivity index (χ4n) is 0.729. The molecule has 88 valence electrons. The van der Waals surface area contributed by atoms with E-state index in [0.29, 0.717) is 0 Å². The van der Waals surface area contributed by atoms with Crippen molar-refractivity contribution in [2.45, 2.75) is 48.4 Å². The number of rotatable bonds is 6. The molecule has 0 aromatic rings. The van der Waals surface area contributed by atoms with Gasteiger partial charge in [0, 0.05) is 0 Å². The maximum Gasteiger partial charge on any atom is -0.340 e. The molecule has 0 saturated heterocycles. The molecule has 0 aromatic carbocycles. The van der Waals surface area contributed by atoms with Gasteiger partial charge in [-0.25, -0.2) is 0 Å². The summed E-state index contributed by atoms with van der Waals surface area (Å²) in [4.78, 5) is 0. The zero-order valence-corrected chi connectivity index (χ0v) is 15.7. The summed E-state index contributed by atoms with van der Waals surface area (Å²) < 4.78 is 7.31. The number of hydrogen-bond acceptors (Lipinski definition) is 2. The third-order valence-electron chi connectivity index (χ3n) is 1.41. The summed E-state index contributed by atoms with van der Waals surface area (Å²) >= 11 is 14.9. The molecule has 0 heterocycles. The smallest absolute Gasteiger partial charge is 0.340 e. The summed E-state index contributed by atoms with van der Waals surface area (Å²) in [7, 11) is 0. The minimum Gasteiger partial charge on any atom is -0.364 e. The summed E-state index contributed by atoms with van der Waals surface area (Å²) in [5, 5.41) is 0. The van der Waals surface area contributed by atoms with Crippen molar-refractivity contribution in [3.05, 3.63) is 0 Å². The van der Waals surface area contributed by atoms with E-state index >= 15 is 0 Å². The largest absolute Gasteiger partial charge is 0.364 e. The topological polar surface area (TPSA) is 0 Å². The van der Waals surface area contributed by atoms with E-state index in [1.807, 2.05) is 9.40 Å². The first-order chi connectivity index (χ1) is 7.24. The Morgan fingerprint density at radius 2 is 1.20 bits per heavy atom. The van der Waals surface area contributed by atoms with Crippen LogP contribution in [0.5, 0.6) is 0 Å². The van der Waals surface area contributed by atoms with Gasteiger partial charge in [-0.2, -0.15) is 0 Å². The number of thiocarbonyl (C=S) groups is 2. The van der Waals surface area contributed by atoms with E-state index in [1.54, 1.807) is 8.87 Å².